The van der Waals surface area contributed by atoms with Gasteiger partial charge in [-0.25, -0.2) is 0 Å². The van der Waals surface area contributed by atoms with Crippen molar-refractivity contribution in [3.05, 3.63) is 0 Å². The minimum atomic E-state index is -0.186. The Bertz CT molecular complexity index is 611. The lowest BCUT2D eigenvalue weighted by molar-refractivity contribution is -0.144. The summed E-state index contributed by atoms with van der Waals surface area (Å²) in [5, 5.41) is 8.96. The number of hydrogen-bond acceptors (Lipinski definition) is 7. The number of rotatable bonds is 37. The van der Waals surface area contributed by atoms with Gasteiger partial charge in [0.05, 0.1) is 45.9 Å². The molecule has 0 aromatic carbocycles. The van der Waals surface area contributed by atoms with E-state index in [0.29, 0.717) is 52.3 Å². The van der Waals surface area contributed by atoms with E-state index in [1.54, 1.807) is 0 Å². The van der Waals surface area contributed by atoms with E-state index in [1.165, 1.54) is 148 Å². The van der Waals surface area contributed by atoms with Crippen molar-refractivity contribution in [2.24, 2.45) is 0 Å². The Balaban J connectivity index is -0.00000125. The number of hydrogen-bond donors (Lipinski definition) is 1. The van der Waals surface area contributed by atoms with Gasteiger partial charge in [-0.2, -0.15) is 0 Å². The van der Waals surface area contributed by atoms with Gasteiger partial charge >= 0.3 is 11.9 Å². The van der Waals surface area contributed by atoms with Crippen molar-refractivity contribution in [3.63, 3.8) is 0 Å². The number of aliphatic hydroxyl groups excluding tert-OH is 1. The molecule has 0 fully saturated rings. The summed E-state index contributed by atoms with van der Waals surface area (Å²) in [6, 6.07) is 0. The highest BCUT2D eigenvalue weighted by molar-refractivity contribution is 5.70. The first kappa shape index (κ1) is 59.5. The summed E-state index contributed by atoms with van der Waals surface area (Å²) in [5.41, 5.74) is 0. The maximum absolute atomic E-state index is 12.3. The molecular weight excluding hydrogens is 675 g/mol. The average molecular weight is 774 g/mol. The molecule has 0 atom stereocenters. The molecule has 0 aromatic heterocycles. The number of carbonyl (C=O) groups excluding carboxylic acids is 2. The summed E-state index contributed by atoms with van der Waals surface area (Å²) in [6.45, 7) is 20.6. The second-order valence-corrected chi connectivity index (χ2v) is 15.0. The van der Waals surface area contributed by atoms with E-state index in [1.807, 2.05) is 4.90 Å². The van der Waals surface area contributed by atoms with Crippen LogP contribution in [0.1, 0.15) is 242 Å². The van der Waals surface area contributed by atoms with E-state index in [2.05, 4.69) is 55.4 Å². The Kier molecular flexibility index (Phi) is 64.5. The van der Waals surface area contributed by atoms with Gasteiger partial charge in [-0.15, -0.1) is 0 Å². The molecule has 0 heterocycles. The van der Waals surface area contributed by atoms with E-state index >= 15 is 0 Å². The largest absolute Gasteiger partial charge is 0.466 e. The number of unbranched alkanes of at least 4 members (excludes halogenated alkanes) is 22. The zero-order chi connectivity index (χ0) is 41.0. The minimum absolute atomic E-state index is 0.0170. The van der Waals surface area contributed by atoms with E-state index in [-0.39, 0.29) is 25.2 Å². The first-order chi connectivity index (χ1) is 26.4. The summed E-state index contributed by atoms with van der Waals surface area (Å²) in [4.78, 5) is 26.7. The molecule has 0 amide bonds. The van der Waals surface area contributed by atoms with Crippen LogP contribution in [0.4, 0.5) is 0 Å². The van der Waals surface area contributed by atoms with Crippen LogP contribution in [0.25, 0.3) is 0 Å². The SMILES string of the molecule is CCC.CCC.CCC.CCCCCCCCCCCCCCOC(=O)CCN(CCOCCO)CCC(=O)OCCCCCCCCCCCCCC. The van der Waals surface area contributed by atoms with Gasteiger partial charge in [-0.3, -0.25) is 14.5 Å². The molecular formula is C47H99NO6. The lowest BCUT2D eigenvalue weighted by Gasteiger charge is -2.21. The van der Waals surface area contributed by atoms with Gasteiger partial charge in [-0.05, 0) is 12.8 Å². The van der Waals surface area contributed by atoms with E-state index in [0.717, 1.165) is 25.7 Å². The zero-order valence-electron chi connectivity index (χ0n) is 38.1. The van der Waals surface area contributed by atoms with Gasteiger partial charge in [0.2, 0.25) is 0 Å². The average Bonchev–Trinajstić information content (AvgIpc) is 3.15. The molecule has 0 rings (SSSR count). The highest BCUT2D eigenvalue weighted by Crippen LogP contribution is 2.13. The lowest BCUT2D eigenvalue weighted by Crippen LogP contribution is -2.33. The normalized spacial score (nSPS) is 10.5. The van der Waals surface area contributed by atoms with Gasteiger partial charge in [0, 0.05) is 19.6 Å². The number of carbonyl (C=O) groups is 2. The second-order valence-electron chi connectivity index (χ2n) is 15.0. The van der Waals surface area contributed by atoms with E-state index < -0.39 is 0 Å². The Morgan fingerprint density at radius 2 is 0.667 bits per heavy atom. The molecule has 54 heavy (non-hydrogen) atoms. The molecule has 0 aromatic rings. The quantitative estimate of drug-likeness (QED) is 0.0497. The summed E-state index contributed by atoms with van der Waals surface area (Å²) in [6.07, 6.45) is 35.1. The second kappa shape index (κ2) is 58.5. The van der Waals surface area contributed by atoms with Crippen LogP contribution in [0.3, 0.4) is 0 Å². The van der Waals surface area contributed by atoms with Crippen LogP contribution in [0.2, 0.25) is 0 Å². The third kappa shape index (κ3) is 62.8. The molecule has 0 spiro atoms. The van der Waals surface area contributed by atoms with Crippen LogP contribution in [0, 0.1) is 0 Å². The van der Waals surface area contributed by atoms with Crippen molar-refractivity contribution < 1.29 is 28.9 Å². The Morgan fingerprint density at radius 1 is 0.389 bits per heavy atom. The van der Waals surface area contributed by atoms with E-state index in [9.17, 15) is 9.59 Å². The van der Waals surface area contributed by atoms with Gasteiger partial charge in [0.15, 0.2) is 0 Å². The standard InChI is InChI=1S/C38H75NO6.3C3H8/c1-3-5-7-9-11-13-15-17-19-21-23-25-33-44-37(41)27-29-39(31-35-43-36-32-40)30-28-38(42)45-34-26-24-22-20-18-16-14-12-10-8-6-4-2;3*1-3-2/h40H,3-36H2,1-2H3;3*3H2,1-2H3. The Labute approximate surface area is 339 Å². The van der Waals surface area contributed by atoms with Gasteiger partial charge in [-0.1, -0.05) is 216 Å². The van der Waals surface area contributed by atoms with Gasteiger partial charge < -0.3 is 19.3 Å². The third-order valence-corrected chi connectivity index (χ3v) is 8.57. The van der Waals surface area contributed by atoms with Crippen LogP contribution in [0.15, 0.2) is 0 Å². The maximum atomic E-state index is 12.3. The molecule has 0 unspecified atom stereocenters. The summed E-state index contributed by atoms with van der Waals surface area (Å²) >= 11 is 0. The Hall–Kier alpha value is -1.18. The fourth-order valence-corrected chi connectivity index (χ4v) is 5.60. The molecule has 0 bridgehead atoms. The minimum Gasteiger partial charge on any atom is -0.466 e. The van der Waals surface area contributed by atoms with Gasteiger partial charge in [0.25, 0.3) is 0 Å². The molecule has 1 N–H and O–H groups in total. The number of ether oxygens (including phenoxy) is 3. The van der Waals surface area contributed by atoms with Crippen molar-refractivity contribution in [2.45, 2.75) is 242 Å². The molecule has 7 heteroatoms. The number of esters is 2. The fourth-order valence-electron chi connectivity index (χ4n) is 5.60. The Morgan fingerprint density at radius 3 is 0.944 bits per heavy atom. The number of nitrogens with zero attached hydrogens (tertiary/aromatic N) is 1. The lowest BCUT2D eigenvalue weighted by atomic mass is 10.1. The highest BCUT2D eigenvalue weighted by Gasteiger charge is 2.12. The fraction of sp³-hybridized carbons (Fsp3) is 0.957. The zero-order valence-corrected chi connectivity index (χ0v) is 38.1. The first-order valence-electron chi connectivity index (χ1n) is 23.6. The van der Waals surface area contributed by atoms with Crippen LogP contribution >= 0.6 is 0 Å². The maximum Gasteiger partial charge on any atom is 0.307 e. The smallest absolute Gasteiger partial charge is 0.307 e. The van der Waals surface area contributed by atoms with Crippen LogP contribution in [0.5, 0.6) is 0 Å². The van der Waals surface area contributed by atoms with Gasteiger partial charge in [0.1, 0.15) is 0 Å². The van der Waals surface area contributed by atoms with Crippen molar-refractivity contribution >= 4 is 11.9 Å². The third-order valence-electron chi connectivity index (χ3n) is 8.57. The van der Waals surface area contributed by atoms with Crippen LogP contribution in [-0.4, -0.2) is 74.6 Å². The van der Waals surface area contributed by atoms with Crippen molar-refractivity contribution in [1.29, 1.82) is 0 Å². The predicted octanol–water partition coefficient (Wildman–Crippen LogP) is 13.8. The van der Waals surface area contributed by atoms with E-state index in [4.69, 9.17) is 19.3 Å². The molecule has 7 nitrogen and oxygen atoms in total. The molecule has 0 aliphatic heterocycles. The molecule has 0 saturated heterocycles. The van der Waals surface area contributed by atoms with Crippen LogP contribution < -0.4 is 0 Å². The molecule has 0 radical (unpaired) electrons. The summed E-state index contributed by atoms with van der Waals surface area (Å²) in [5.74, 6) is -0.372. The molecule has 0 saturated carbocycles. The summed E-state index contributed by atoms with van der Waals surface area (Å²) < 4.78 is 16.3. The summed E-state index contributed by atoms with van der Waals surface area (Å²) in [7, 11) is 0. The first-order valence-corrected chi connectivity index (χ1v) is 23.6. The molecule has 0 aliphatic carbocycles. The highest BCUT2D eigenvalue weighted by atomic mass is 16.5. The number of aliphatic hydroxyl groups is 1. The van der Waals surface area contributed by atoms with Crippen molar-refractivity contribution in [2.75, 3.05) is 52.7 Å². The monoisotopic (exact) mass is 774 g/mol. The topological polar surface area (TPSA) is 85.3 Å². The van der Waals surface area contributed by atoms with Crippen LogP contribution in [-0.2, 0) is 23.8 Å². The van der Waals surface area contributed by atoms with Crippen molar-refractivity contribution in [3.8, 4) is 0 Å². The predicted molar refractivity (Wildman–Crippen MR) is 236 cm³/mol. The molecule has 328 valence electrons. The van der Waals surface area contributed by atoms with Crippen molar-refractivity contribution in [1.82, 2.24) is 4.90 Å². The molecule has 0 aliphatic rings.